The first-order valence-electron chi connectivity index (χ1n) is 5.53. The molecule has 1 heterocycles. The van der Waals surface area contributed by atoms with Gasteiger partial charge in [0.05, 0.1) is 0 Å². The van der Waals surface area contributed by atoms with E-state index in [-0.39, 0.29) is 37.2 Å². The molecule has 0 saturated heterocycles. The van der Waals surface area contributed by atoms with Crippen LogP contribution in [0.1, 0.15) is 6.92 Å². The van der Waals surface area contributed by atoms with E-state index in [4.69, 9.17) is 0 Å². The fraction of sp³-hybridized carbons (Fsp3) is 0.143. The monoisotopic (exact) mass is 515 g/mol. The Balaban J connectivity index is 0.00000120. The summed E-state index contributed by atoms with van der Waals surface area (Å²) in [7, 11) is 0. The minimum Gasteiger partial charge on any atom is -1.00 e. The molecule has 104 valence electrons. The molecule has 0 amide bonds. The van der Waals surface area contributed by atoms with Gasteiger partial charge in [0.2, 0.25) is 0 Å². The van der Waals surface area contributed by atoms with Crippen molar-refractivity contribution in [2.24, 2.45) is 0 Å². The van der Waals surface area contributed by atoms with Gasteiger partial charge in [-0.25, -0.2) is 0 Å². The summed E-state index contributed by atoms with van der Waals surface area (Å²) in [6.45, 7) is 2.17. The van der Waals surface area contributed by atoms with Crippen LogP contribution >= 0.6 is 22.6 Å². The molecule has 1 nitrogen and oxygen atoms in total. The van der Waals surface area contributed by atoms with Crippen molar-refractivity contribution < 1.29 is 61.9 Å². The molecule has 0 fully saturated rings. The topological polar surface area (TPSA) is 3.24 Å². The predicted molar refractivity (Wildman–Crippen MR) is 75.6 cm³/mol. The number of hydrogen-bond acceptors (Lipinski definition) is 1. The predicted octanol–water partition coefficient (Wildman–Crippen LogP) is -5.08. The van der Waals surface area contributed by atoms with Crippen LogP contribution in [0.3, 0.4) is 0 Å². The van der Waals surface area contributed by atoms with Gasteiger partial charge in [0.15, 0.2) is 0 Å². The summed E-state index contributed by atoms with van der Waals surface area (Å²) in [6, 6.07) is 10.7. The minimum absolute atomic E-state index is 0. The number of allylic oxidation sites excluding steroid dienone is 3. The maximum atomic E-state index is 2.54. The quantitative estimate of drug-likeness (QED) is 0.205. The molecule has 2 aliphatic rings. The van der Waals surface area contributed by atoms with Gasteiger partial charge < -0.3 is 37.2 Å². The van der Waals surface area contributed by atoms with Crippen LogP contribution in [0, 0.1) is 0 Å². The van der Waals surface area contributed by atoms with Gasteiger partial charge in [-0.1, -0.05) is 0 Å². The van der Waals surface area contributed by atoms with E-state index in [0.29, 0.717) is 4.05 Å². The largest absolute Gasteiger partial charge is 1.00 e. The van der Waals surface area contributed by atoms with Crippen molar-refractivity contribution in [1.29, 1.82) is 0 Å². The third-order valence-corrected chi connectivity index (χ3v) is 7.02. The SMILES string of the molecule is CC1=CC2=[C]([Zr+3])C(I)N(c3ccccc3)C2=C1.[Cl-].[Cl-].[Cl-]. The summed E-state index contributed by atoms with van der Waals surface area (Å²) < 4.78 is 2.02. The number of anilines is 1. The average Bonchev–Trinajstić information content (AvgIpc) is 2.80. The summed E-state index contributed by atoms with van der Waals surface area (Å²) in [5.41, 5.74) is 5.47. The molecule has 1 aliphatic heterocycles. The van der Waals surface area contributed by atoms with E-state index in [0.717, 1.165) is 0 Å². The minimum atomic E-state index is 0. The molecule has 1 aliphatic carbocycles. The first-order valence-corrected chi connectivity index (χ1v) is 8.00. The zero-order valence-corrected chi connectivity index (χ0v) is 17.5. The Kier molecular flexibility index (Phi) is 8.68. The maximum absolute atomic E-state index is 2.54. The number of alkyl halides is 1. The van der Waals surface area contributed by atoms with Crippen LogP contribution in [0.15, 0.2) is 62.6 Å². The van der Waals surface area contributed by atoms with Crippen LogP contribution < -0.4 is 42.1 Å². The third-order valence-electron chi connectivity index (χ3n) is 3.06. The van der Waals surface area contributed by atoms with Gasteiger partial charge in [-0.05, 0) is 0 Å². The smallest absolute Gasteiger partial charge is 1.00 e. The molecule has 0 N–H and O–H groups in total. The van der Waals surface area contributed by atoms with E-state index < -0.39 is 0 Å². The molecule has 0 saturated carbocycles. The van der Waals surface area contributed by atoms with Crippen molar-refractivity contribution >= 4 is 28.3 Å². The van der Waals surface area contributed by atoms with Crippen LogP contribution in [0.5, 0.6) is 0 Å². The van der Waals surface area contributed by atoms with Crippen LogP contribution in [0.4, 0.5) is 5.69 Å². The van der Waals surface area contributed by atoms with Gasteiger partial charge in [0.25, 0.3) is 0 Å². The number of rotatable bonds is 1. The van der Waals surface area contributed by atoms with E-state index in [2.05, 4.69) is 76.9 Å². The molecule has 0 bridgehead atoms. The first-order chi connectivity index (χ1) is 8.18. The van der Waals surface area contributed by atoms with Gasteiger partial charge in [-0.3, -0.25) is 0 Å². The van der Waals surface area contributed by atoms with Crippen LogP contribution in [-0.4, -0.2) is 4.05 Å². The average molecular weight is 518 g/mol. The van der Waals surface area contributed by atoms with Gasteiger partial charge in [0, 0.05) is 0 Å². The molecule has 0 spiro atoms. The van der Waals surface area contributed by atoms with Crippen molar-refractivity contribution in [3.8, 4) is 0 Å². The molecule has 1 aromatic rings. The van der Waals surface area contributed by atoms with Gasteiger partial charge in [-0.2, -0.15) is 0 Å². The molecule has 3 rings (SSSR count). The fourth-order valence-electron chi connectivity index (χ4n) is 2.29. The van der Waals surface area contributed by atoms with Gasteiger partial charge >= 0.3 is 131 Å². The molecule has 0 radical (unpaired) electrons. The van der Waals surface area contributed by atoms with E-state index in [9.17, 15) is 0 Å². The Hall–Kier alpha value is 0.723. The second kappa shape index (κ2) is 8.38. The molecular weight excluding hydrogens is 507 g/mol. The molecule has 6 heteroatoms. The van der Waals surface area contributed by atoms with Crippen LogP contribution in [0.25, 0.3) is 0 Å². The standard InChI is InChI=1S/C14H11IN.3ClH.Zr/c1-10-7-11-9-14(15)16(13(11)8-10)12-5-3-2-4-6-12;;;;/h2-8,14H,1H3;3*1H;/q;;;;+3/p-3. The number of para-hydroxylation sites is 1. The summed E-state index contributed by atoms with van der Waals surface area (Å²) in [4.78, 5) is 2.44. The molecule has 1 aromatic carbocycles. The van der Waals surface area contributed by atoms with Gasteiger partial charge in [0.1, 0.15) is 0 Å². The number of fused-ring (bicyclic) bond motifs is 1. The van der Waals surface area contributed by atoms with Crippen molar-refractivity contribution in [3.63, 3.8) is 0 Å². The zero-order valence-electron chi connectivity index (χ0n) is 10.6. The maximum Gasteiger partial charge on any atom is -1.00 e. The van der Waals surface area contributed by atoms with Crippen LogP contribution in [0.2, 0.25) is 0 Å². The van der Waals surface area contributed by atoms with E-state index >= 15 is 0 Å². The third kappa shape index (κ3) is 3.55. The van der Waals surface area contributed by atoms with E-state index in [1.807, 2.05) is 0 Å². The second-order valence-electron chi connectivity index (χ2n) is 4.29. The van der Waals surface area contributed by atoms with Gasteiger partial charge in [-0.15, -0.1) is 0 Å². The van der Waals surface area contributed by atoms with Crippen molar-refractivity contribution in [2.45, 2.75) is 11.0 Å². The molecule has 1 atom stereocenters. The van der Waals surface area contributed by atoms with E-state index in [1.165, 1.54) is 47.2 Å². The first kappa shape index (κ1) is 20.7. The number of hydrogen-bond donors (Lipinski definition) is 0. The zero-order chi connectivity index (χ0) is 12.0. The Morgan fingerprint density at radius 1 is 1.05 bits per heavy atom. The Bertz CT molecular complexity index is 569. The van der Waals surface area contributed by atoms with Crippen molar-refractivity contribution in [1.82, 2.24) is 0 Å². The molecular formula is C14H11Cl3INZr. The number of benzene rings is 1. The second-order valence-corrected chi connectivity index (χ2v) is 6.79. The Morgan fingerprint density at radius 2 is 1.65 bits per heavy atom. The summed E-state index contributed by atoms with van der Waals surface area (Å²) in [5.74, 6) is 0. The summed E-state index contributed by atoms with van der Waals surface area (Å²) >= 11 is 4.06. The Labute approximate surface area is 167 Å². The van der Waals surface area contributed by atoms with E-state index in [1.54, 1.807) is 3.28 Å². The van der Waals surface area contributed by atoms with Crippen LogP contribution in [-0.2, 0) is 24.7 Å². The fourth-order valence-corrected chi connectivity index (χ4v) is 4.06. The normalized spacial score (nSPS) is 19.4. The molecule has 1 unspecified atom stereocenters. The Morgan fingerprint density at radius 3 is 2.25 bits per heavy atom. The molecule has 0 aromatic heterocycles. The van der Waals surface area contributed by atoms with Crippen molar-refractivity contribution in [3.05, 3.63) is 62.6 Å². The van der Waals surface area contributed by atoms with Crippen molar-refractivity contribution in [2.75, 3.05) is 4.90 Å². The summed E-state index contributed by atoms with van der Waals surface area (Å²) in [5, 5.41) is 0. The number of nitrogens with zero attached hydrogens (tertiary/aromatic N) is 1. The molecule has 20 heavy (non-hydrogen) atoms. The summed E-state index contributed by atoms with van der Waals surface area (Å²) in [6.07, 6.45) is 4.61. The number of halogens is 4.